The summed E-state index contributed by atoms with van der Waals surface area (Å²) >= 11 is 5.95. The maximum atomic E-state index is 12.8. The van der Waals surface area contributed by atoms with Gasteiger partial charge in [0.15, 0.2) is 11.6 Å². The lowest BCUT2D eigenvalue weighted by molar-refractivity contribution is 0.0941. The maximum absolute atomic E-state index is 12.8. The molecule has 1 amide bonds. The number of halogens is 1. The molecule has 1 atom stereocenters. The quantitative estimate of drug-likeness (QED) is 0.652. The second-order valence-corrected chi connectivity index (χ2v) is 6.26. The van der Waals surface area contributed by atoms with Gasteiger partial charge in [0.2, 0.25) is 0 Å². The Morgan fingerprint density at radius 3 is 2.92 bits per heavy atom. The fourth-order valence-electron chi connectivity index (χ4n) is 2.73. The molecule has 2 aromatic rings. The van der Waals surface area contributed by atoms with Gasteiger partial charge in [-0.25, -0.2) is 0 Å². The first-order valence-electron chi connectivity index (χ1n) is 8.19. The molecule has 1 aromatic heterocycles. The lowest BCUT2D eigenvalue weighted by Gasteiger charge is -2.12. The second-order valence-electron chi connectivity index (χ2n) is 5.82. The zero-order chi connectivity index (χ0) is 17.6. The minimum atomic E-state index is -0.209. The van der Waals surface area contributed by atoms with E-state index in [0.29, 0.717) is 35.3 Å². The summed E-state index contributed by atoms with van der Waals surface area (Å²) in [5.41, 5.74) is 1.14. The number of amides is 1. The fourth-order valence-corrected chi connectivity index (χ4v) is 2.85. The molecule has 0 spiro atoms. The van der Waals surface area contributed by atoms with Gasteiger partial charge in [-0.1, -0.05) is 16.8 Å². The van der Waals surface area contributed by atoms with E-state index in [0.717, 1.165) is 25.1 Å². The summed E-state index contributed by atoms with van der Waals surface area (Å²) in [5.74, 6) is 0.616. The summed E-state index contributed by atoms with van der Waals surface area (Å²) in [4.78, 5) is 12.8. The van der Waals surface area contributed by atoms with Gasteiger partial charge in [-0.15, -0.1) is 0 Å². The van der Waals surface area contributed by atoms with Crippen molar-refractivity contribution in [3.05, 3.63) is 34.9 Å². The standard InChI is InChI=1S/C17H21ClN4O3/c1-24-9-8-20-16-14(17(23)21-13-6-7-19-10-13)15(25-22-16)11-2-4-12(18)5-3-11/h2-5,13,19H,6-10H2,1H3,(H,20,22)(H,21,23)/t13-/m0/s1. The van der Waals surface area contributed by atoms with Crippen LogP contribution in [0.3, 0.4) is 0 Å². The zero-order valence-corrected chi connectivity index (χ0v) is 14.7. The van der Waals surface area contributed by atoms with Gasteiger partial charge in [0.25, 0.3) is 5.91 Å². The van der Waals surface area contributed by atoms with Crippen molar-refractivity contribution in [1.29, 1.82) is 0 Å². The van der Waals surface area contributed by atoms with Gasteiger partial charge in [-0.3, -0.25) is 4.79 Å². The molecule has 134 valence electrons. The topological polar surface area (TPSA) is 88.4 Å². The van der Waals surface area contributed by atoms with E-state index in [4.69, 9.17) is 20.9 Å². The molecular formula is C17H21ClN4O3. The van der Waals surface area contributed by atoms with Gasteiger partial charge in [-0.05, 0) is 37.2 Å². The van der Waals surface area contributed by atoms with Crippen molar-refractivity contribution in [2.75, 3.05) is 38.7 Å². The van der Waals surface area contributed by atoms with E-state index < -0.39 is 0 Å². The number of nitrogens with zero attached hydrogens (tertiary/aromatic N) is 1. The van der Waals surface area contributed by atoms with Crippen LogP contribution in [0.2, 0.25) is 5.02 Å². The van der Waals surface area contributed by atoms with Crippen LogP contribution in [0.4, 0.5) is 5.82 Å². The number of methoxy groups -OCH3 is 1. The van der Waals surface area contributed by atoms with Crippen molar-refractivity contribution < 1.29 is 14.1 Å². The molecule has 0 saturated carbocycles. The summed E-state index contributed by atoms with van der Waals surface area (Å²) in [7, 11) is 1.62. The first-order valence-corrected chi connectivity index (χ1v) is 8.57. The third-order valence-electron chi connectivity index (χ3n) is 4.02. The predicted octanol–water partition coefficient (Wildman–Crippen LogP) is 2.14. The number of carbonyl (C=O) groups excluding carboxylic acids is 1. The van der Waals surface area contributed by atoms with E-state index in [2.05, 4.69) is 21.1 Å². The summed E-state index contributed by atoms with van der Waals surface area (Å²) in [6, 6.07) is 7.21. The number of nitrogens with one attached hydrogen (secondary N) is 3. The van der Waals surface area contributed by atoms with Gasteiger partial charge in [0.05, 0.1) is 6.61 Å². The zero-order valence-electron chi connectivity index (χ0n) is 14.0. The summed E-state index contributed by atoms with van der Waals surface area (Å²) in [6.45, 7) is 2.68. The van der Waals surface area contributed by atoms with Crippen LogP contribution in [-0.4, -0.2) is 50.5 Å². The van der Waals surface area contributed by atoms with Crippen molar-refractivity contribution >= 4 is 23.3 Å². The molecule has 3 rings (SSSR count). The van der Waals surface area contributed by atoms with Crippen LogP contribution in [0.5, 0.6) is 0 Å². The minimum Gasteiger partial charge on any atom is -0.383 e. The van der Waals surface area contributed by atoms with E-state index in [1.54, 1.807) is 31.4 Å². The molecular weight excluding hydrogens is 344 g/mol. The SMILES string of the molecule is COCCNc1noc(-c2ccc(Cl)cc2)c1C(=O)N[C@H]1CCNC1. The molecule has 0 radical (unpaired) electrons. The average Bonchev–Trinajstić information content (AvgIpc) is 3.25. The Labute approximate surface area is 151 Å². The number of carbonyl (C=O) groups is 1. The first-order chi connectivity index (χ1) is 12.2. The Bertz CT molecular complexity index is 711. The molecule has 2 heterocycles. The van der Waals surface area contributed by atoms with E-state index in [1.807, 2.05) is 0 Å². The number of aromatic nitrogens is 1. The number of rotatable bonds is 7. The van der Waals surface area contributed by atoms with Crippen LogP contribution in [0.25, 0.3) is 11.3 Å². The number of hydrogen-bond acceptors (Lipinski definition) is 6. The molecule has 1 fully saturated rings. The highest BCUT2D eigenvalue weighted by atomic mass is 35.5. The van der Waals surface area contributed by atoms with Crippen LogP contribution in [0, 0.1) is 0 Å². The Balaban J connectivity index is 1.88. The maximum Gasteiger partial charge on any atom is 0.259 e. The lowest BCUT2D eigenvalue weighted by atomic mass is 10.1. The molecule has 1 aliphatic heterocycles. The Morgan fingerprint density at radius 2 is 2.24 bits per heavy atom. The van der Waals surface area contributed by atoms with Crippen molar-refractivity contribution in [3.63, 3.8) is 0 Å². The molecule has 0 bridgehead atoms. The lowest BCUT2D eigenvalue weighted by Crippen LogP contribution is -2.36. The highest BCUT2D eigenvalue weighted by molar-refractivity contribution is 6.30. The van der Waals surface area contributed by atoms with Crippen LogP contribution in [0.15, 0.2) is 28.8 Å². The van der Waals surface area contributed by atoms with E-state index >= 15 is 0 Å². The van der Waals surface area contributed by atoms with Crippen molar-refractivity contribution in [3.8, 4) is 11.3 Å². The van der Waals surface area contributed by atoms with E-state index in [9.17, 15) is 4.79 Å². The molecule has 3 N–H and O–H groups in total. The number of ether oxygens (including phenoxy) is 1. The molecule has 1 saturated heterocycles. The van der Waals surface area contributed by atoms with Crippen LogP contribution < -0.4 is 16.0 Å². The summed E-state index contributed by atoms with van der Waals surface area (Å²) < 4.78 is 10.5. The van der Waals surface area contributed by atoms with Crippen molar-refractivity contribution in [2.24, 2.45) is 0 Å². The summed E-state index contributed by atoms with van der Waals surface area (Å²) in [5, 5.41) is 14.0. The fraction of sp³-hybridized carbons (Fsp3) is 0.412. The first kappa shape index (κ1) is 17.7. The Kier molecular flexibility index (Phi) is 5.91. The minimum absolute atomic E-state index is 0.104. The average molecular weight is 365 g/mol. The molecule has 7 nitrogen and oxygen atoms in total. The summed E-state index contributed by atoms with van der Waals surface area (Å²) in [6.07, 6.45) is 0.903. The van der Waals surface area contributed by atoms with E-state index in [-0.39, 0.29) is 11.9 Å². The van der Waals surface area contributed by atoms with Gasteiger partial charge in [0, 0.05) is 36.8 Å². The van der Waals surface area contributed by atoms with Gasteiger partial charge in [0.1, 0.15) is 5.56 Å². The molecule has 1 aliphatic rings. The van der Waals surface area contributed by atoms with Gasteiger partial charge in [-0.2, -0.15) is 0 Å². The van der Waals surface area contributed by atoms with Gasteiger partial charge >= 0.3 is 0 Å². The van der Waals surface area contributed by atoms with Crippen LogP contribution >= 0.6 is 11.6 Å². The number of hydrogen-bond donors (Lipinski definition) is 3. The Morgan fingerprint density at radius 1 is 1.44 bits per heavy atom. The van der Waals surface area contributed by atoms with Crippen LogP contribution in [0.1, 0.15) is 16.8 Å². The van der Waals surface area contributed by atoms with E-state index in [1.165, 1.54) is 0 Å². The number of anilines is 1. The van der Waals surface area contributed by atoms with Crippen LogP contribution in [-0.2, 0) is 4.74 Å². The third kappa shape index (κ3) is 4.31. The monoisotopic (exact) mass is 364 g/mol. The highest BCUT2D eigenvalue weighted by Gasteiger charge is 2.26. The molecule has 0 aliphatic carbocycles. The van der Waals surface area contributed by atoms with Crippen molar-refractivity contribution in [1.82, 2.24) is 15.8 Å². The normalized spacial score (nSPS) is 16.8. The molecule has 8 heteroatoms. The second kappa shape index (κ2) is 8.33. The van der Waals surface area contributed by atoms with Crippen molar-refractivity contribution in [2.45, 2.75) is 12.5 Å². The molecule has 25 heavy (non-hydrogen) atoms. The molecule has 1 aromatic carbocycles. The largest absolute Gasteiger partial charge is 0.383 e. The smallest absolute Gasteiger partial charge is 0.259 e. The molecule has 0 unspecified atom stereocenters. The highest BCUT2D eigenvalue weighted by Crippen LogP contribution is 2.30. The Hall–Kier alpha value is -2.09. The van der Waals surface area contributed by atoms with Gasteiger partial charge < -0.3 is 25.2 Å². The predicted molar refractivity (Wildman–Crippen MR) is 96.1 cm³/mol. The number of benzene rings is 1. The third-order valence-corrected chi connectivity index (χ3v) is 4.27.